The molecule has 3 aromatic heterocycles. The van der Waals surface area contributed by atoms with Crippen molar-refractivity contribution in [2.45, 2.75) is 13.5 Å². The van der Waals surface area contributed by atoms with Crippen LogP contribution in [0.1, 0.15) is 11.5 Å². The van der Waals surface area contributed by atoms with Gasteiger partial charge in [-0.1, -0.05) is 63.0 Å². The van der Waals surface area contributed by atoms with E-state index in [9.17, 15) is 4.79 Å². The van der Waals surface area contributed by atoms with Gasteiger partial charge in [-0.3, -0.25) is 9.36 Å². The van der Waals surface area contributed by atoms with Crippen LogP contribution in [0.4, 0.5) is 0 Å². The Labute approximate surface area is 184 Å². The van der Waals surface area contributed by atoms with E-state index in [-0.39, 0.29) is 12.1 Å². The molecule has 0 aliphatic rings. The van der Waals surface area contributed by atoms with E-state index in [1.807, 2.05) is 60.8 Å². The fourth-order valence-corrected chi connectivity index (χ4v) is 4.38. The van der Waals surface area contributed by atoms with Crippen molar-refractivity contribution in [3.05, 3.63) is 86.5 Å². The molecule has 5 rings (SSSR count). The third-order valence-electron chi connectivity index (χ3n) is 4.80. The SMILES string of the molecule is Cc1ccc(-c2noc(Cn3cnc4scc(-c5ccc(Br)cc5)c4c3=O)n2)cc1. The van der Waals surface area contributed by atoms with Crippen LogP contribution in [0, 0.1) is 6.92 Å². The van der Waals surface area contributed by atoms with Crippen LogP contribution < -0.4 is 5.56 Å². The van der Waals surface area contributed by atoms with Gasteiger partial charge >= 0.3 is 0 Å². The van der Waals surface area contributed by atoms with Gasteiger partial charge in [-0.05, 0) is 24.6 Å². The van der Waals surface area contributed by atoms with Crippen molar-refractivity contribution in [3.63, 3.8) is 0 Å². The molecule has 0 aliphatic heterocycles. The summed E-state index contributed by atoms with van der Waals surface area (Å²) < 4.78 is 7.87. The van der Waals surface area contributed by atoms with E-state index in [1.54, 1.807) is 0 Å². The van der Waals surface area contributed by atoms with Crippen molar-refractivity contribution in [1.29, 1.82) is 0 Å². The number of rotatable bonds is 4. The average Bonchev–Trinajstić information content (AvgIpc) is 3.39. The van der Waals surface area contributed by atoms with Gasteiger partial charge < -0.3 is 4.52 Å². The minimum Gasteiger partial charge on any atom is -0.337 e. The van der Waals surface area contributed by atoms with E-state index in [0.29, 0.717) is 21.9 Å². The van der Waals surface area contributed by atoms with Crippen LogP contribution in [0.25, 0.3) is 32.7 Å². The Morgan fingerprint density at radius 1 is 1.07 bits per heavy atom. The highest BCUT2D eigenvalue weighted by Gasteiger charge is 2.15. The molecule has 0 fully saturated rings. The number of hydrogen-bond acceptors (Lipinski definition) is 6. The minimum atomic E-state index is -0.130. The van der Waals surface area contributed by atoms with Crippen molar-refractivity contribution >= 4 is 37.5 Å². The molecule has 5 aromatic rings. The zero-order valence-corrected chi connectivity index (χ0v) is 18.3. The van der Waals surface area contributed by atoms with Gasteiger partial charge in [0.1, 0.15) is 11.4 Å². The summed E-state index contributed by atoms with van der Waals surface area (Å²) >= 11 is 4.90. The van der Waals surface area contributed by atoms with Gasteiger partial charge in [0, 0.05) is 21.0 Å². The molecule has 3 heterocycles. The van der Waals surface area contributed by atoms with Crippen LogP contribution in [0.5, 0.6) is 0 Å². The molecular formula is C22H15BrN4O2S. The summed E-state index contributed by atoms with van der Waals surface area (Å²) in [5.74, 6) is 0.854. The number of hydrogen-bond donors (Lipinski definition) is 0. The predicted octanol–water partition coefficient (Wildman–Crippen LogP) is 5.29. The van der Waals surface area contributed by atoms with Crippen molar-refractivity contribution in [1.82, 2.24) is 19.7 Å². The van der Waals surface area contributed by atoms with Crippen molar-refractivity contribution in [2.24, 2.45) is 0 Å². The molecule has 0 N–H and O–H groups in total. The van der Waals surface area contributed by atoms with E-state index in [1.165, 1.54) is 22.2 Å². The lowest BCUT2D eigenvalue weighted by Crippen LogP contribution is -2.21. The predicted molar refractivity (Wildman–Crippen MR) is 121 cm³/mol. The zero-order chi connectivity index (χ0) is 20.7. The molecule has 0 aliphatic carbocycles. The Hall–Kier alpha value is -3.10. The fraction of sp³-hybridized carbons (Fsp3) is 0.0909. The lowest BCUT2D eigenvalue weighted by molar-refractivity contribution is 0.369. The molecule has 0 saturated carbocycles. The first-order valence-electron chi connectivity index (χ1n) is 9.21. The Bertz CT molecular complexity index is 1400. The van der Waals surface area contributed by atoms with Crippen molar-refractivity contribution < 1.29 is 4.52 Å². The van der Waals surface area contributed by atoms with E-state index in [2.05, 4.69) is 31.1 Å². The summed E-state index contributed by atoms with van der Waals surface area (Å²) in [6.45, 7) is 2.18. The maximum atomic E-state index is 13.2. The maximum Gasteiger partial charge on any atom is 0.263 e. The summed E-state index contributed by atoms with van der Waals surface area (Å²) in [5.41, 5.74) is 3.74. The monoisotopic (exact) mass is 478 g/mol. The molecule has 2 aromatic carbocycles. The first-order chi connectivity index (χ1) is 14.6. The second-order valence-electron chi connectivity index (χ2n) is 6.89. The molecule has 148 valence electrons. The summed E-state index contributed by atoms with van der Waals surface area (Å²) in [7, 11) is 0. The van der Waals surface area contributed by atoms with Crippen LogP contribution in [0.15, 0.2) is 74.0 Å². The lowest BCUT2D eigenvalue weighted by Gasteiger charge is -2.04. The first-order valence-corrected chi connectivity index (χ1v) is 10.9. The maximum absolute atomic E-state index is 13.2. The van der Waals surface area contributed by atoms with E-state index in [0.717, 1.165) is 26.7 Å². The number of benzene rings is 2. The summed E-state index contributed by atoms with van der Waals surface area (Å²) in [5, 5.41) is 6.61. The summed E-state index contributed by atoms with van der Waals surface area (Å²) in [6, 6.07) is 15.8. The van der Waals surface area contributed by atoms with Gasteiger partial charge in [0.2, 0.25) is 11.7 Å². The number of aryl methyl sites for hydroxylation is 1. The molecule has 0 saturated heterocycles. The number of aromatic nitrogens is 4. The standard InChI is InChI=1S/C22H15BrN4O2S/c1-13-2-4-15(5-3-13)20-25-18(29-26-20)10-27-12-24-21-19(22(27)28)17(11-30-21)14-6-8-16(23)9-7-14/h2-9,11-12H,10H2,1H3. The Balaban J connectivity index is 1.50. The van der Waals surface area contributed by atoms with Gasteiger partial charge in [-0.25, -0.2) is 4.98 Å². The van der Waals surface area contributed by atoms with Gasteiger partial charge in [0.25, 0.3) is 5.56 Å². The molecular weight excluding hydrogens is 464 g/mol. The molecule has 30 heavy (non-hydrogen) atoms. The molecule has 0 spiro atoms. The van der Waals surface area contributed by atoms with Crippen molar-refractivity contribution in [2.75, 3.05) is 0 Å². The van der Waals surface area contributed by atoms with Gasteiger partial charge in [0.15, 0.2) is 0 Å². The van der Waals surface area contributed by atoms with Crippen LogP contribution in [-0.4, -0.2) is 19.7 Å². The highest BCUT2D eigenvalue weighted by Crippen LogP contribution is 2.31. The van der Waals surface area contributed by atoms with Crippen LogP contribution in [-0.2, 0) is 6.54 Å². The highest BCUT2D eigenvalue weighted by atomic mass is 79.9. The second kappa shape index (κ2) is 7.62. The fourth-order valence-electron chi connectivity index (χ4n) is 3.21. The molecule has 0 atom stereocenters. The number of thiophene rings is 1. The second-order valence-corrected chi connectivity index (χ2v) is 8.67. The zero-order valence-electron chi connectivity index (χ0n) is 15.9. The number of fused-ring (bicyclic) bond motifs is 1. The third kappa shape index (κ3) is 3.48. The van der Waals surface area contributed by atoms with Crippen molar-refractivity contribution in [3.8, 4) is 22.5 Å². The largest absolute Gasteiger partial charge is 0.337 e. The molecule has 0 unspecified atom stereocenters. The third-order valence-corrected chi connectivity index (χ3v) is 6.21. The van der Waals surface area contributed by atoms with E-state index >= 15 is 0 Å². The molecule has 6 nitrogen and oxygen atoms in total. The summed E-state index contributed by atoms with van der Waals surface area (Å²) in [4.78, 5) is 22.8. The topological polar surface area (TPSA) is 73.8 Å². The number of nitrogens with zero attached hydrogens (tertiary/aromatic N) is 4. The lowest BCUT2D eigenvalue weighted by atomic mass is 10.1. The Morgan fingerprint density at radius 2 is 1.80 bits per heavy atom. The normalized spacial score (nSPS) is 11.3. The van der Waals surface area contributed by atoms with Gasteiger partial charge in [-0.15, -0.1) is 11.3 Å². The highest BCUT2D eigenvalue weighted by molar-refractivity contribution is 9.10. The quantitative estimate of drug-likeness (QED) is 0.350. The Morgan fingerprint density at radius 3 is 2.57 bits per heavy atom. The first kappa shape index (κ1) is 18.9. The molecule has 8 heteroatoms. The van der Waals surface area contributed by atoms with E-state index in [4.69, 9.17) is 4.52 Å². The smallest absolute Gasteiger partial charge is 0.263 e. The van der Waals surface area contributed by atoms with Crippen LogP contribution >= 0.6 is 27.3 Å². The van der Waals surface area contributed by atoms with Crippen LogP contribution in [0.3, 0.4) is 0 Å². The molecule has 0 amide bonds. The molecule has 0 bridgehead atoms. The summed E-state index contributed by atoms with van der Waals surface area (Å²) in [6.07, 6.45) is 1.53. The Kier molecular flexibility index (Phi) is 4.80. The van der Waals surface area contributed by atoms with E-state index < -0.39 is 0 Å². The minimum absolute atomic E-state index is 0.130. The molecule has 0 radical (unpaired) electrons. The average molecular weight is 479 g/mol. The number of halogens is 1. The van der Waals surface area contributed by atoms with Crippen LogP contribution in [0.2, 0.25) is 0 Å². The van der Waals surface area contributed by atoms with Gasteiger partial charge in [-0.2, -0.15) is 4.98 Å². The van der Waals surface area contributed by atoms with Gasteiger partial charge in [0.05, 0.1) is 11.7 Å².